The molecule has 0 atom stereocenters. The maximum Gasteiger partial charge on any atom is 0.416 e. The van der Waals surface area contributed by atoms with Crippen molar-refractivity contribution in [2.24, 2.45) is 10.8 Å². The standard InChI is InChI=1S/C10H10F3N3S/c1-6-2-3-7(5-15-16-9(14)17)4-8(6)10(11,12)13/h2-5H,1H3,(H3,14,16,17). The number of hydrogen-bond donors (Lipinski definition) is 2. The molecular weight excluding hydrogens is 251 g/mol. The lowest BCUT2D eigenvalue weighted by Gasteiger charge is -2.10. The van der Waals surface area contributed by atoms with Gasteiger partial charge in [0.25, 0.3) is 0 Å². The van der Waals surface area contributed by atoms with E-state index < -0.39 is 11.7 Å². The number of aryl methyl sites for hydroxylation is 1. The summed E-state index contributed by atoms with van der Waals surface area (Å²) < 4.78 is 37.7. The lowest BCUT2D eigenvalue weighted by Crippen LogP contribution is -2.24. The van der Waals surface area contributed by atoms with Crippen molar-refractivity contribution in [2.75, 3.05) is 0 Å². The highest BCUT2D eigenvalue weighted by Crippen LogP contribution is 2.31. The van der Waals surface area contributed by atoms with E-state index in [2.05, 4.69) is 22.7 Å². The van der Waals surface area contributed by atoms with E-state index in [1.54, 1.807) is 0 Å². The van der Waals surface area contributed by atoms with Crippen LogP contribution in [0.15, 0.2) is 23.3 Å². The molecule has 0 aromatic heterocycles. The van der Waals surface area contributed by atoms with Gasteiger partial charge in [0.1, 0.15) is 0 Å². The molecule has 1 aromatic rings. The third-order valence-electron chi connectivity index (χ3n) is 1.96. The van der Waals surface area contributed by atoms with Crippen molar-refractivity contribution in [2.45, 2.75) is 13.1 Å². The molecule has 0 saturated carbocycles. The lowest BCUT2D eigenvalue weighted by atomic mass is 10.1. The summed E-state index contributed by atoms with van der Waals surface area (Å²) in [5, 5.41) is 3.53. The number of nitrogens with one attached hydrogen (secondary N) is 1. The maximum absolute atomic E-state index is 12.6. The average Bonchev–Trinajstić information content (AvgIpc) is 2.18. The zero-order chi connectivity index (χ0) is 13.1. The second-order valence-corrected chi connectivity index (χ2v) is 3.75. The molecule has 0 heterocycles. The number of benzene rings is 1. The summed E-state index contributed by atoms with van der Waals surface area (Å²) in [5.41, 5.74) is 7.16. The molecule has 0 bridgehead atoms. The Hall–Kier alpha value is -1.63. The van der Waals surface area contributed by atoms with E-state index in [0.717, 1.165) is 6.07 Å². The molecule has 1 rings (SSSR count). The fourth-order valence-electron chi connectivity index (χ4n) is 1.20. The van der Waals surface area contributed by atoms with Crippen molar-refractivity contribution >= 4 is 23.5 Å². The predicted molar refractivity (Wildman–Crippen MR) is 63.7 cm³/mol. The van der Waals surface area contributed by atoms with E-state index >= 15 is 0 Å². The van der Waals surface area contributed by atoms with Gasteiger partial charge < -0.3 is 5.73 Å². The first-order valence-corrected chi connectivity index (χ1v) is 4.98. The molecule has 92 valence electrons. The van der Waals surface area contributed by atoms with Gasteiger partial charge in [-0.15, -0.1) is 0 Å². The van der Waals surface area contributed by atoms with Crippen molar-refractivity contribution in [3.8, 4) is 0 Å². The third kappa shape index (κ3) is 4.03. The van der Waals surface area contributed by atoms with Gasteiger partial charge >= 0.3 is 6.18 Å². The summed E-state index contributed by atoms with van der Waals surface area (Å²) in [5.74, 6) is 0. The molecule has 3 nitrogen and oxygen atoms in total. The second kappa shape index (κ2) is 5.13. The Morgan fingerprint density at radius 3 is 2.65 bits per heavy atom. The first kappa shape index (κ1) is 13.4. The van der Waals surface area contributed by atoms with Crippen LogP contribution in [0.2, 0.25) is 0 Å². The SMILES string of the molecule is Cc1ccc(C=NNC(N)=S)cc1C(F)(F)F. The van der Waals surface area contributed by atoms with Gasteiger partial charge in [-0.05, 0) is 36.3 Å². The van der Waals surface area contributed by atoms with Gasteiger partial charge in [0, 0.05) is 0 Å². The molecule has 0 spiro atoms. The molecule has 7 heteroatoms. The molecule has 17 heavy (non-hydrogen) atoms. The van der Waals surface area contributed by atoms with Crippen LogP contribution in [0, 0.1) is 6.92 Å². The fraction of sp³-hybridized carbons (Fsp3) is 0.200. The molecule has 1 aromatic carbocycles. The maximum atomic E-state index is 12.6. The minimum absolute atomic E-state index is 0.0515. The number of nitrogens with two attached hydrogens (primary N) is 1. The van der Waals surface area contributed by atoms with Crippen LogP contribution in [0.25, 0.3) is 0 Å². The van der Waals surface area contributed by atoms with E-state index in [0.29, 0.717) is 5.56 Å². The fourth-order valence-corrected chi connectivity index (χ4v) is 1.25. The summed E-state index contributed by atoms with van der Waals surface area (Å²) in [7, 11) is 0. The van der Waals surface area contributed by atoms with E-state index in [-0.39, 0.29) is 10.7 Å². The highest BCUT2D eigenvalue weighted by Gasteiger charge is 2.32. The number of nitrogens with zero attached hydrogens (tertiary/aromatic N) is 1. The Balaban J connectivity index is 2.97. The van der Waals surface area contributed by atoms with Gasteiger partial charge in [-0.25, -0.2) is 0 Å². The highest BCUT2D eigenvalue weighted by molar-refractivity contribution is 7.80. The second-order valence-electron chi connectivity index (χ2n) is 3.31. The summed E-state index contributed by atoms with van der Waals surface area (Å²) >= 11 is 4.49. The first-order valence-electron chi connectivity index (χ1n) is 4.57. The zero-order valence-corrected chi connectivity index (χ0v) is 9.69. The van der Waals surface area contributed by atoms with Crippen LogP contribution in [-0.4, -0.2) is 11.3 Å². The number of thiocarbonyl (C=S) groups is 1. The van der Waals surface area contributed by atoms with Gasteiger partial charge in [0.2, 0.25) is 0 Å². The summed E-state index contributed by atoms with van der Waals surface area (Å²) in [4.78, 5) is 0. The minimum atomic E-state index is -4.37. The van der Waals surface area contributed by atoms with Crippen LogP contribution in [0.3, 0.4) is 0 Å². The van der Waals surface area contributed by atoms with Gasteiger partial charge in [0.05, 0.1) is 11.8 Å². The number of hydrogen-bond acceptors (Lipinski definition) is 2. The molecule has 0 saturated heterocycles. The van der Waals surface area contributed by atoms with Crippen LogP contribution in [0.4, 0.5) is 13.2 Å². The minimum Gasteiger partial charge on any atom is -0.375 e. The van der Waals surface area contributed by atoms with Crippen molar-refractivity contribution in [1.29, 1.82) is 0 Å². The largest absolute Gasteiger partial charge is 0.416 e. The smallest absolute Gasteiger partial charge is 0.375 e. The number of rotatable bonds is 2. The topological polar surface area (TPSA) is 50.4 Å². The quantitative estimate of drug-likeness (QED) is 0.487. The molecule has 0 fully saturated rings. The predicted octanol–water partition coefficient (Wildman–Crippen LogP) is 2.18. The van der Waals surface area contributed by atoms with Gasteiger partial charge in [0.15, 0.2) is 5.11 Å². The van der Waals surface area contributed by atoms with Crippen molar-refractivity contribution < 1.29 is 13.2 Å². The molecule has 0 radical (unpaired) electrons. The van der Waals surface area contributed by atoms with Crippen LogP contribution in [-0.2, 0) is 6.18 Å². The molecule has 0 unspecified atom stereocenters. The van der Waals surface area contributed by atoms with Crippen molar-refractivity contribution in [1.82, 2.24) is 5.43 Å². The van der Waals surface area contributed by atoms with Gasteiger partial charge in [-0.3, -0.25) is 5.43 Å². The van der Waals surface area contributed by atoms with Crippen LogP contribution < -0.4 is 11.2 Å². The van der Waals surface area contributed by atoms with Gasteiger partial charge in [-0.2, -0.15) is 18.3 Å². The van der Waals surface area contributed by atoms with Crippen LogP contribution in [0.5, 0.6) is 0 Å². The van der Waals surface area contributed by atoms with Gasteiger partial charge in [-0.1, -0.05) is 12.1 Å². The monoisotopic (exact) mass is 261 g/mol. The molecule has 0 aliphatic heterocycles. The normalized spacial score (nSPS) is 11.8. The third-order valence-corrected chi connectivity index (χ3v) is 2.05. The Labute approximate surface area is 102 Å². The van der Waals surface area contributed by atoms with E-state index in [9.17, 15) is 13.2 Å². The molecule has 0 aliphatic carbocycles. The van der Waals surface area contributed by atoms with E-state index in [4.69, 9.17) is 5.73 Å². The first-order chi connectivity index (χ1) is 7.80. The van der Waals surface area contributed by atoms with E-state index in [1.165, 1.54) is 25.3 Å². The molecule has 0 aliphatic rings. The number of hydrazone groups is 1. The Kier molecular flexibility index (Phi) is 4.06. The van der Waals surface area contributed by atoms with E-state index in [1.807, 2.05) is 0 Å². The molecular formula is C10H10F3N3S. The molecule has 0 amide bonds. The Morgan fingerprint density at radius 1 is 1.47 bits per heavy atom. The lowest BCUT2D eigenvalue weighted by molar-refractivity contribution is -0.138. The average molecular weight is 261 g/mol. The summed E-state index contributed by atoms with van der Waals surface area (Å²) in [6.45, 7) is 1.40. The van der Waals surface area contributed by atoms with Crippen molar-refractivity contribution in [3.05, 3.63) is 34.9 Å². The Morgan fingerprint density at radius 2 is 2.12 bits per heavy atom. The van der Waals surface area contributed by atoms with Crippen LogP contribution in [0.1, 0.15) is 16.7 Å². The Bertz CT molecular complexity index is 455. The number of halogens is 3. The van der Waals surface area contributed by atoms with Crippen molar-refractivity contribution in [3.63, 3.8) is 0 Å². The van der Waals surface area contributed by atoms with Crippen LogP contribution >= 0.6 is 12.2 Å². The molecule has 3 N–H and O–H groups in total. The number of alkyl halides is 3. The summed E-state index contributed by atoms with van der Waals surface area (Å²) in [6.07, 6.45) is -3.15. The zero-order valence-electron chi connectivity index (χ0n) is 8.88. The highest BCUT2D eigenvalue weighted by atomic mass is 32.1. The summed E-state index contributed by atoms with van der Waals surface area (Å²) in [6, 6.07) is 3.92.